The lowest BCUT2D eigenvalue weighted by Gasteiger charge is -2.36. The molecule has 0 aromatic carbocycles. The number of fused-ring (bicyclic) bond motifs is 5. The second-order valence-corrected chi connectivity index (χ2v) is 13.0. The van der Waals surface area contributed by atoms with Crippen molar-refractivity contribution in [3.05, 3.63) is 12.2 Å². The van der Waals surface area contributed by atoms with E-state index in [1.165, 1.54) is 19.3 Å². The number of esters is 1. The van der Waals surface area contributed by atoms with Gasteiger partial charge >= 0.3 is 5.97 Å². The number of carbonyl (C=O) groups excluding carboxylic acids is 1. The summed E-state index contributed by atoms with van der Waals surface area (Å²) in [5.74, 6) is 1.51. The van der Waals surface area contributed by atoms with Gasteiger partial charge in [-0.25, -0.2) is 0 Å². The maximum absolute atomic E-state index is 12.4. The van der Waals surface area contributed by atoms with E-state index in [0.29, 0.717) is 11.8 Å². The van der Waals surface area contributed by atoms with Crippen molar-refractivity contribution in [1.29, 1.82) is 0 Å². The van der Waals surface area contributed by atoms with E-state index in [4.69, 9.17) is 4.74 Å². The van der Waals surface area contributed by atoms with E-state index < -0.39 is 8.07 Å². The van der Waals surface area contributed by atoms with Crippen LogP contribution in [0.5, 0.6) is 0 Å². The van der Waals surface area contributed by atoms with Gasteiger partial charge in [-0.15, -0.1) is 0 Å². The zero-order valence-corrected chi connectivity index (χ0v) is 13.8. The quantitative estimate of drug-likeness (QED) is 0.443. The van der Waals surface area contributed by atoms with Crippen LogP contribution in [0.3, 0.4) is 0 Å². The van der Waals surface area contributed by atoms with Crippen molar-refractivity contribution in [2.45, 2.75) is 50.9 Å². The fraction of sp³-hybridized carbons (Fsp3) is 0.812. The molecule has 0 saturated heterocycles. The van der Waals surface area contributed by atoms with Crippen LogP contribution in [0.2, 0.25) is 24.7 Å². The van der Waals surface area contributed by atoms with Crippen molar-refractivity contribution in [3.63, 3.8) is 0 Å². The second kappa shape index (κ2) is 3.75. The number of hydrogen-bond donors (Lipinski definition) is 0. The number of ether oxygens (including phenoxy) is 1. The van der Waals surface area contributed by atoms with Gasteiger partial charge in [-0.05, 0) is 35.1 Å². The Morgan fingerprint density at radius 3 is 2.47 bits per heavy atom. The van der Waals surface area contributed by atoms with E-state index in [-0.39, 0.29) is 22.3 Å². The molecule has 0 aliphatic heterocycles. The lowest BCUT2D eigenvalue weighted by molar-refractivity contribution is -0.144. The van der Waals surface area contributed by atoms with E-state index >= 15 is 0 Å². The predicted molar refractivity (Wildman–Crippen MR) is 79.6 cm³/mol. The summed E-state index contributed by atoms with van der Waals surface area (Å²) in [6, 6.07) is 0. The molecule has 2 bridgehead atoms. The minimum absolute atomic E-state index is 0.0641. The fourth-order valence-corrected chi connectivity index (χ4v) is 10.6. The van der Waals surface area contributed by atoms with Crippen molar-refractivity contribution in [3.8, 4) is 0 Å². The maximum atomic E-state index is 12.4. The molecule has 2 fully saturated rings. The Kier molecular flexibility index (Phi) is 2.64. The lowest BCUT2D eigenvalue weighted by Crippen LogP contribution is -2.37. The number of allylic oxidation sites excluding steroid dienone is 2. The molecule has 0 heterocycles. The van der Waals surface area contributed by atoms with Crippen LogP contribution in [0.1, 0.15) is 26.2 Å². The maximum Gasteiger partial charge on any atom is 0.309 e. The number of rotatable bonds is 4. The average Bonchev–Trinajstić information content (AvgIpc) is 2.66. The summed E-state index contributed by atoms with van der Waals surface area (Å²) in [6.07, 6.45) is 8.48. The molecular weight excluding hydrogens is 252 g/mol. The zero-order chi connectivity index (χ0) is 14.1. The molecule has 0 radical (unpaired) electrons. The van der Waals surface area contributed by atoms with Gasteiger partial charge < -0.3 is 4.74 Å². The molecule has 106 valence electrons. The van der Waals surface area contributed by atoms with E-state index in [0.717, 1.165) is 0 Å². The van der Waals surface area contributed by atoms with Gasteiger partial charge in [-0.3, -0.25) is 4.79 Å². The molecule has 2 saturated carbocycles. The summed E-state index contributed by atoms with van der Waals surface area (Å²) in [7, 11) is 0.127. The smallest absolute Gasteiger partial charge is 0.309 e. The highest BCUT2D eigenvalue weighted by atomic mass is 28.3. The third-order valence-corrected chi connectivity index (χ3v) is 9.94. The molecule has 3 heteroatoms. The van der Waals surface area contributed by atoms with Crippen LogP contribution in [0.15, 0.2) is 12.2 Å². The second-order valence-electron chi connectivity index (χ2n) is 7.70. The minimum atomic E-state index is -1.43. The first-order valence-corrected chi connectivity index (χ1v) is 11.1. The standard InChI is InChI=1S/C16H26O2Si/c1-6-9-15-11-7-8-12(10-11)16(15,19(3,4)5)13(15)14(17)18-2/h7-8,11-13H,6,9-10H2,1-5H3/t11-,12+,13+,15+,16+/m1/s1. The van der Waals surface area contributed by atoms with Crippen LogP contribution in [0, 0.1) is 23.2 Å². The summed E-state index contributed by atoms with van der Waals surface area (Å²) >= 11 is 0. The van der Waals surface area contributed by atoms with Crippen LogP contribution < -0.4 is 0 Å². The first-order valence-electron chi connectivity index (χ1n) is 7.64. The molecule has 0 aromatic heterocycles. The Hall–Kier alpha value is -0.573. The Morgan fingerprint density at radius 1 is 1.32 bits per heavy atom. The predicted octanol–water partition coefficient (Wildman–Crippen LogP) is 3.86. The molecule has 0 unspecified atom stereocenters. The highest BCUT2D eigenvalue weighted by Crippen LogP contribution is 2.93. The van der Waals surface area contributed by atoms with Crippen LogP contribution in [-0.2, 0) is 9.53 Å². The van der Waals surface area contributed by atoms with Crippen LogP contribution in [0.4, 0.5) is 0 Å². The minimum Gasteiger partial charge on any atom is -0.469 e. The van der Waals surface area contributed by atoms with Crippen molar-refractivity contribution < 1.29 is 9.53 Å². The first kappa shape index (κ1) is 13.4. The first-order chi connectivity index (χ1) is 8.87. The topological polar surface area (TPSA) is 26.3 Å². The lowest BCUT2D eigenvalue weighted by atomic mass is 9.84. The SMILES string of the molecule is CCC[C@@]12[C@@H]3C=C[C@@H](C3)[C@]1([Si](C)(C)C)[C@H]2C(=O)OC. The molecule has 0 aromatic rings. The summed E-state index contributed by atoms with van der Waals surface area (Å²) in [4.78, 5) is 12.4. The molecule has 0 N–H and O–H groups in total. The van der Waals surface area contributed by atoms with E-state index in [1.54, 1.807) is 7.11 Å². The van der Waals surface area contributed by atoms with Gasteiger partial charge in [-0.1, -0.05) is 45.1 Å². The highest BCUT2D eigenvalue weighted by molar-refractivity contribution is 6.81. The van der Waals surface area contributed by atoms with Gasteiger partial charge in [0, 0.05) is 0 Å². The Bertz CT molecular complexity index is 450. The summed E-state index contributed by atoms with van der Waals surface area (Å²) < 4.78 is 5.18. The van der Waals surface area contributed by atoms with Crippen molar-refractivity contribution in [1.82, 2.24) is 0 Å². The van der Waals surface area contributed by atoms with Gasteiger partial charge in [0.2, 0.25) is 0 Å². The van der Waals surface area contributed by atoms with E-state index in [2.05, 4.69) is 38.7 Å². The number of carbonyl (C=O) groups is 1. The Morgan fingerprint density at radius 2 is 1.95 bits per heavy atom. The van der Waals surface area contributed by atoms with Crippen LogP contribution >= 0.6 is 0 Å². The largest absolute Gasteiger partial charge is 0.469 e. The molecule has 0 amide bonds. The third kappa shape index (κ3) is 1.21. The summed E-state index contributed by atoms with van der Waals surface area (Å²) in [6.45, 7) is 9.62. The van der Waals surface area contributed by atoms with Gasteiger partial charge in [0.15, 0.2) is 0 Å². The van der Waals surface area contributed by atoms with Crippen LogP contribution in [-0.4, -0.2) is 21.2 Å². The average molecular weight is 278 g/mol. The normalized spacial score (nSPS) is 46.3. The molecule has 5 atom stereocenters. The fourth-order valence-electron chi connectivity index (χ4n) is 6.23. The van der Waals surface area contributed by atoms with Gasteiger partial charge in [0.25, 0.3) is 0 Å². The zero-order valence-electron chi connectivity index (χ0n) is 12.8. The molecule has 19 heavy (non-hydrogen) atoms. The van der Waals surface area contributed by atoms with Gasteiger partial charge in [-0.2, -0.15) is 0 Å². The molecule has 0 spiro atoms. The van der Waals surface area contributed by atoms with Crippen LogP contribution in [0.25, 0.3) is 0 Å². The summed E-state index contributed by atoms with van der Waals surface area (Å²) in [5.41, 5.74) is 0.249. The Balaban J connectivity index is 2.12. The van der Waals surface area contributed by atoms with E-state index in [9.17, 15) is 4.79 Å². The molecule has 3 aliphatic rings. The number of hydrogen-bond acceptors (Lipinski definition) is 2. The Labute approximate surface area is 117 Å². The molecule has 3 aliphatic carbocycles. The summed E-state index contributed by atoms with van der Waals surface area (Å²) in [5, 5.41) is 0.280. The van der Waals surface area contributed by atoms with Gasteiger partial charge in [0.05, 0.1) is 21.1 Å². The molecular formula is C16H26O2Si. The monoisotopic (exact) mass is 278 g/mol. The molecule has 2 nitrogen and oxygen atoms in total. The number of methoxy groups -OCH3 is 1. The van der Waals surface area contributed by atoms with Gasteiger partial charge in [0.1, 0.15) is 0 Å². The van der Waals surface area contributed by atoms with Crippen molar-refractivity contribution >= 4 is 14.0 Å². The van der Waals surface area contributed by atoms with E-state index in [1.807, 2.05) is 0 Å². The molecule has 3 rings (SSSR count). The van der Waals surface area contributed by atoms with Crippen molar-refractivity contribution in [2.24, 2.45) is 23.2 Å². The van der Waals surface area contributed by atoms with Crippen molar-refractivity contribution in [2.75, 3.05) is 7.11 Å². The third-order valence-electron chi connectivity index (χ3n) is 6.33. The highest BCUT2D eigenvalue weighted by Gasteiger charge is 2.89.